The second-order valence-corrected chi connectivity index (χ2v) is 14.6. The van der Waals surface area contributed by atoms with Crippen LogP contribution in [0, 0.1) is 0 Å². The van der Waals surface area contributed by atoms with Gasteiger partial charge in [-0.2, -0.15) is 0 Å². The van der Waals surface area contributed by atoms with Crippen LogP contribution in [-0.4, -0.2) is 34.5 Å². The highest BCUT2D eigenvalue weighted by molar-refractivity contribution is 5.93. The number of amides is 2. The minimum absolute atomic E-state index is 0.00507. The summed E-state index contributed by atoms with van der Waals surface area (Å²) in [7, 11) is 0. The Morgan fingerprint density at radius 2 is 1.21 bits per heavy atom. The van der Waals surface area contributed by atoms with Crippen LogP contribution in [0.5, 0.6) is 0 Å². The highest BCUT2D eigenvalue weighted by atomic mass is 16.7. The van der Waals surface area contributed by atoms with Crippen LogP contribution in [0.3, 0.4) is 0 Å². The van der Waals surface area contributed by atoms with Gasteiger partial charge in [0.25, 0.3) is 0 Å². The second kappa shape index (κ2) is 21.1. The van der Waals surface area contributed by atoms with Gasteiger partial charge in [-0.1, -0.05) is 134 Å². The lowest BCUT2D eigenvalue weighted by atomic mass is 9.99. The van der Waals surface area contributed by atoms with E-state index in [1.807, 2.05) is 72.8 Å². The minimum Gasteiger partial charge on any atom is -0.397 e. The van der Waals surface area contributed by atoms with Gasteiger partial charge >= 0.3 is 0 Å². The fourth-order valence-electron chi connectivity index (χ4n) is 7.02. The summed E-state index contributed by atoms with van der Waals surface area (Å²) in [5.74, 6) is -0.0375. The summed E-state index contributed by atoms with van der Waals surface area (Å²) in [4.78, 5) is 27.3. The molecule has 0 aliphatic carbocycles. The van der Waals surface area contributed by atoms with Crippen molar-refractivity contribution in [2.75, 3.05) is 17.6 Å². The summed E-state index contributed by atoms with van der Waals surface area (Å²) in [6.45, 7) is 2.74. The van der Waals surface area contributed by atoms with Crippen molar-refractivity contribution in [3.05, 3.63) is 167 Å². The zero-order chi connectivity index (χ0) is 39.0. The van der Waals surface area contributed by atoms with Gasteiger partial charge in [-0.25, -0.2) is 0 Å². The Morgan fingerprint density at radius 1 is 0.643 bits per heavy atom. The van der Waals surface area contributed by atoms with Gasteiger partial charge in [0, 0.05) is 51.0 Å². The standard InChI is InChI=1S/C47H54N4O5/c48-42-17-11-12-18-43(42)50-46(54)20-10-2-1-9-19-45(53)49-30-35-21-27-40(28-22-35)47-55-41(29-44(56-47)39-25-23-38(34-52)24-26-39)33-51(31-36-13-5-3-6-14-36)32-37-15-7-4-8-16-37/h3-8,11-18,21-28,41,44,47,52H,1-2,9-10,19-20,29-34,48H2,(H,49,53)(H,50,54). The molecule has 6 rings (SSSR count). The van der Waals surface area contributed by atoms with E-state index in [4.69, 9.17) is 15.2 Å². The highest BCUT2D eigenvalue weighted by Gasteiger charge is 2.33. The van der Waals surface area contributed by atoms with E-state index in [2.05, 4.69) is 64.1 Å². The van der Waals surface area contributed by atoms with Crippen molar-refractivity contribution in [3.63, 3.8) is 0 Å². The number of rotatable bonds is 19. The minimum atomic E-state index is -0.572. The predicted molar refractivity (Wildman–Crippen MR) is 221 cm³/mol. The van der Waals surface area contributed by atoms with Crippen LogP contribution < -0.4 is 16.4 Å². The van der Waals surface area contributed by atoms with Gasteiger partial charge in [-0.15, -0.1) is 0 Å². The molecule has 9 nitrogen and oxygen atoms in total. The third kappa shape index (κ3) is 12.6. The van der Waals surface area contributed by atoms with Gasteiger partial charge in [0.2, 0.25) is 11.8 Å². The Balaban J connectivity index is 1.01. The molecule has 1 aliphatic heterocycles. The van der Waals surface area contributed by atoms with Gasteiger partial charge in [-0.3, -0.25) is 14.5 Å². The van der Waals surface area contributed by atoms with Gasteiger partial charge in [0.15, 0.2) is 6.29 Å². The Morgan fingerprint density at radius 3 is 1.84 bits per heavy atom. The molecule has 9 heteroatoms. The quantitative estimate of drug-likeness (QED) is 0.0492. The van der Waals surface area contributed by atoms with Crippen molar-refractivity contribution in [3.8, 4) is 0 Å². The fourth-order valence-corrected chi connectivity index (χ4v) is 7.02. The molecule has 0 bridgehead atoms. The van der Waals surface area contributed by atoms with E-state index in [0.29, 0.717) is 37.2 Å². The van der Waals surface area contributed by atoms with Crippen LogP contribution in [0.25, 0.3) is 0 Å². The summed E-state index contributed by atoms with van der Waals surface area (Å²) in [5.41, 5.74) is 13.4. The number of ether oxygens (including phenoxy) is 2. The van der Waals surface area contributed by atoms with Crippen LogP contribution in [0.1, 0.15) is 90.7 Å². The molecule has 5 aromatic rings. The number of carbonyl (C=O) groups excluding carboxylic acids is 2. The van der Waals surface area contributed by atoms with Gasteiger partial charge < -0.3 is 30.9 Å². The molecule has 5 N–H and O–H groups in total. The lowest BCUT2D eigenvalue weighted by Gasteiger charge is -2.38. The summed E-state index contributed by atoms with van der Waals surface area (Å²) >= 11 is 0. The number of nitrogens with two attached hydrogens (primary N) is 1. The Labute approximate surface area is 330 Å². The maximum absolute atomic E-state index is 12.6. The summed E-state index contributed by atoms with van der Waals surface area (Å²) < 4.78 is 13.4. The van der Waals surface area contributed by atoms with Crippen molar-refractivity contribution in [1.82, 2.24) is 10.2 Å². The number of nitrogens with one attached hydrogen (secondary N) is 2. The number of unbranched alkanes of at least 4 members (excludes halogenated alkanes) is 3. The lowest BCUT2D eigenvalue weighted by Crippen LogP contribution is -2.39. The highest BCUT2D eigenvalue weighted by Crippen LogP contribution is 2.38. The van der Waals surface area contributed by atoms with Gasteiger partial charge in [0.1, 0.15) is 0 Å². The molecular formula is C47H54N4O5. The van der Waals surface area contributed by atoms with Crippen LogP contribution in [0.4, 0.5) is 11.4 Å². The Hall–Kier alpha value is -5.32. The number of nitrogen functional groups attached to an aromatic ring is 1. The molecule has 1 heterocycles. The molecule has 3 atom stereocenters. The number of para-hydroxylation sites is 2. The maximum Gasteiger partial charge on any atom is 0.224 e. The summed E-state index contributed by atoms with van der Waals surface area (Å²) in [6.07, 6.45) is 4.00. The van der Waals surface area contributed by atoms with E-state index >= 15 is 0 Å². The average Bonchev–Trinajstić information content (AvgIpc) is 3.23. The predicted octanol–water partition coefficient (Wildman–Crippen LogP) is 8.60. The molecule has 292 valence electrons. The smallest absolute Gasteiger partial charge is 0.224 e. The topological polar surface area (TPSA) is 126 Å². The molecule has 1 saturated heterocycles. The first kappa shape index (κ1) is 40.3. The van der Waals surface area contributed by atoms with E-state index in [9.17, 15) is 14.7 Å². The number of nitrogens with zero attached hydrogens (tertiary/aromatic N) is 1. The van der Waals surface area contributed by atoms with Gasteiger partial charge in [-0.05, 0) is 52.8 Å². The molecule has 0 radical (unpaired) electrons. The first-order valence-corrected chi connectivity index (χ1v) is 19.7. The molecule has 3 unspecified atom stereocenters. The molecule has 2 amide bonds. The van der Waals surface area contributed by atoms with E-state index in [-0.39, 0.29) is 30.6 Å². The van der Waals surface area contributed by atoms with Crippen LogP contribution in [-0.2, 0) is 45.3 Å². The molecule has 1 fully saturated rings. The number of anilines is 2. The SMILES string of the molecule is Nc1ccccc1NC(=O)CCCCCCC(=O)NCc1ccc(C2OC(CN(Cc3ccccc3)Cc3ccccc3)CC(c3ccc(CO)cc3)O2)cc1. The van der Waals surface area contributed by atoms with Crippen molar-refractivity contribution in [2.24, 2.45) is 0 Å². The lowest BCUT2D eigenvalue weighted by molar-refractivity contribution is -0.253. The molecule has 5 aromatic carbocycles. The third-order valence-corrected chi connectivity index (χ3v) is 10.1. The zero-order valence-corrected chi connectivity index (χ0v) is 32.0. The fraction of sp³-hybridized carbons (Fsp3) is 0.319. The molecular weight excluding hydrogens is 701 g/mol. The number of aliphatic hydroxyl groups is 1. The number of aliphatic hydroxyl groups excluding tert-OH is 1. The Bertz CT molecular complexity index is 1900. The van der Waals surface area contributed by atoms with Crippen LogP contribution in [0.15, 0.2) is 133 Å². The largest absolute Gasteiger partial charge is 0.397 e. The summed E-state index contributed by atoms with van der Waals surface area (Å²) in [5, 5.41) is 15.5. The van der Waals surface area contributed by atoms with Crippen molar-refractivity contribution >= 4 is 23.2 Å². The number of hydrogen-bond donors (Lipinski definition) is 4. The van der Waals surface area contributed by atoms with E-state index < -0.39 is 6.29 Å². The molecule has 56 heavy (non-hydrogen) atoms. The molecule has 1 aliphatic rings. The van der Waals surface area contributed by atoms with E-state index in [0.717, 1.165) is 67.6 Å². The molecule has 0 aromatic heterocycles. The second-order valence-electron chi connectivity index (χ2n) is 14.6. The van der Waals surface area contributed by atoms with Crippen LogP contribution >= 0.6 is 0 Å². The Kier molecular flexibility index (Phi) is 15.2. The average molecular weight is 755 g/mol. The maximum atomic E-state index is 12.6. The summed E-state index contributed by atoms with van der Waals surface area (Å²) in [6, 6.07) is 44.3. The van der Waals surface area contributed by atoms with E-state index in [1.54, 1.807) is 12.1 Å². The van der Waals surface area contributed by atoms with Gasteiger partial charge in [0.05, 0.1) is 30.2 Å². The van der Waals surface area contributed by atoms with Crippen molar-refractivity contribution in [1.29, 1.82) is 0 Å². The van der Waals surface area contributed by atoms with Crippen molar-refractivity contribution in [2.45, 2.75) is 89.7 Å². The first-order valence-electron chi connectivity index (χ1n) is 19.7. The van der Waals surface area contributed by atoms with Crippen molar-refractivity contribution < 1.29 is 24.2 Å². The van der Waals surface area contributed by atoms with E-state index in [1.165, 1.54) is 11.1 Å². The number of benzene rings is 5. The zero-order valence-electron chi connectivity index (χ0n) is 32.0. The normalized spacial score (nSPS) is 16.7. The molecule has 0 saturated carbocycles. The number of hydrogen-bond acceptors (Lipinski definition) is 7. The third-order valence-electron chi connectivity index (χ3n) is 10.1. The van der Waals surface area contributed by atoms with Crippen LogP contribution in [0.2, 0.25) is 0 Å². The monoisotopic (exact) mass is 754 g/mol. The number of carbonyl (C=O) groups is 2. The first-order chi connectivity index (χ1) is 27.4. The molecule has 0 spiro atoms.